The second kappa shape index (κ2) is 6.78. The van der Waals surface area contributed by atoms with Crippen LogP contribution < -0.4 is 10.1 Å². The van der Waals surface area contributed by atoms with E-state index in [2.05, 4.69) is 32.2 Å². The first kappa shape index (κ1) is 15.5. The molecule has 7 heteroatoms. The fraction of sp³-hybridized carbons (Fsp3) is 0.438. The summed E-state index contributed by atoms with van der Waals surface area (Å²) in [6, 6.07) is 3.77. The molecule has 0 spiro atoms. The van der Waals surface area contributed by atoms with Gasteiger partial charge in [0.05, 0.1) is 12.7 Å². The molecule has 1 aliphatic heterocycles. The topological polar surface area (TPSA) is 83.1 Å². The van der Waals surface area contributed by atoms with Gasteiger partial charge in [0.25, 0.3) is 5.91 Å². The third kappa shape index (κ3) is 3.19. The number of hydrogen-bond donors (Lipinski definition) is 2. The van der Waals surface area contributed by atoms with E-state index in [1.165, 1.54) is 0 Å². The standard InChI is InChI=1S/C16H21N5O2/c1-3-6-21-7-4-5-11(21)10-17-16(22)12-8-13-14(19-20-18-13)9-15(12)23-2/h3,8-9,11H,1,4-7,10H2,2H3,(H,17,22)(H,18,19,20)/t11-/m1/s1. The van der Waals surface area contributed by atoms with Crippen molar-refractivity contribution in [2.24, 2.45) is 0 Å². The van der Waals surface area contributed by atoms with E-state index in [9.17, 15) is 4.79 Å². The number of nitrogens with zero attached hydrogens (tertiary/aromatic N) is 3. The fourth-order valence-corrected chi connectivity index (χ4v) is 3.05. The monoisotopic (exact) mass is 315 g/mol. The third-order valence-electron chi connectivity index (χ3n) is 4.24. The highest BCUT2D eigenvalue weighted by molar-refractivity contribution is 6.00. The van der Waals surface area contributed by atoms with E-state index in [1.807, 2.05) is 6.08 Å². The first-order valence-electron chi connectivity index (χ1n) is 7.74. The van der Waals surface area contributed by atoms with Crippen molar-refractivity contribution in [2.45, 2.75) is 18.9 Å². The number of hydrogen-bond acceptors (Lipinski definition) is 5. The molecule has 0 radical (unpaired) electrons. The Bertz CT molecular complexity index is 712. The average Bonchev–Trinajstić information content (AvgIpc) is 3.20. The zero-order valence-electron chi connectivity index (χ0n) is 13.2. The molecule has 0 unspecified atom stereocenters. The largest absolute Gasteiger partial charge is 0.496 e. The van der Waals surface area contributed by atoms with E-state index in [4.69, 9.17) is 4.74 Å². The van der Waals surface area contributed by atoms with Gasteiger partial charge in [-0.05, 0) is 25.5 Å². The minimum atomic E-state index is -0.155. The normalized spacial score (nSPS) is 18.2. The minimum absolute atomic E-state index is 0.155. The Kier molecular flexibility index (Phi) is 4.57. The number of likely N-dealkylation sites (tertiary alicyclic amines) is 1. The smallest absolute Gasteiger partial charge is 0.255 e. The molecule has 3 rings (SSSR count). The molecular weight excluding hydrogens is 294 g/mol. The Morgan fingerprint density at radius 3 is 3.04 bits per heavy atom. The van der Waals surface area contributed by atoms with Gasteiger partial charge in [0.15, 0.2) is 0 Å². The summed E-state index contributed by atoms with van der Waals surface area (Å²) in [6.45, 7) is 6.32. The molecule has 2 heterocycles. The lowest BCUT2D eigenvalue weighted by Gasteiger charge is -2.23. The molecule has 1 saturated heterocycles. The Labute approximate surface area is 134 Å². The van der Waals surface area contributed by atoms with Gasteiger partial charge in [-0.25, -0.2) is 0 Å². The average molecular weight is 315 g/mol. The van der Waals surface area contributed by atoms with Crippen LogP contribution in [0.5, 0.6) is 5.75 Å². The summed E-state index contributed by atoms with van der Waals surface area (Å²) < 4.78 is 5.31. The van der Waals surface area contributed by atoms with Crippen molar-refractivity contribution in [3.05, 3.63) is 30.4 Å². The van der Waals surface area contributed by atoms with Crippen molar-refractivity contribution in [1.82, 2.24) is 25.6 Å². The molecule has 0 bridgehead atoms. The van der Waals surface area contributed by atoms with E-state index < -0.39 is 0 Å². The molecule has 7 nitrogen and oxygen atoms in total. The number of carbonyl (C=O) groups excluding carboxylic acids is 1. The third-order valence-corrected chi connectivity index (χ3v) is 4.24. The minimum Gasteiger partial charge on any atom is -0.496 e. The van der Waals surface area contributed by atoms with Gasteiger partial charge in [-0.2, -0.15) is 15.4 Å². The van der Waals surface area contributed by atoms with Gasteiger partial charge in [-0.15, -0.1) is 6.58 Å². The number of benzene rings is 1. The van der Waals surface area contributed by atoms with Crippen LogP contribution in [0.25, 0.3) is 11.0 Å². The molecule has 2 aromatic rings. The quantitative estimate of drug-likeness (QED) is 0.786. The molecule has 1 aliphatic rings. The van der Waals surface area contributed by atoms with E-state index in [1.54, 1.807) is 19.2 Å². The predicted octanol–water partition coefficient (Wildman–Crippen LogP) is 1.35. The number of methoxy groups -OCH3 is 1. The second-order valence-corrected chi connectivity index (χ2v) is 5.65. The highest BCUT2D eigenvalue weighted by Crippen LogP contribution is 2.23. The first-order valence-corrected chi connectivity index (χ1v) is 7.74. The summed E-state index contributed by atoms with van der Waals surface area (Å²) in [5.41, 5.74) is 1.79. The Morgan fingerprint density at radius 1 is 1.52 bits per heavy atom. The molecule has 1 fully saturated rings. The van der Waals surface area contributed by atoms with Crippen molar-refractivity contribution in [3.8, 4) is 5.75 Å². The predicted molar refractivity (Wildman–Crippen MR) is 87.6 cm³/mol. The van der Waals surface area contributed by atoms with E-state index in [0.29, 0.717) is 34.9 Å². The van der Waals surface area contributed by atoms with E-state index >= 15 is 0 Å². The van der Waals surface area contributed by atoms with Gasteiger partial charge in [0, 0.05) is 25.2 Å². The Balaban J connectivity index is 1.71. The molecule has 0 saturated carbocycles. The van der Waals surface area contributed by atoms with Crippen molar-refractivity contribution < 1.29 is 9.53 Å². The Morgan fingerprint density at radius 2 is 2.30 bits per heavy atom. The molecule has 1 atom stereocenters. The van der Waals surface area contributed by atoms with Crippen molar-refractivity contribution in [2.75, 3.05) is 26.7 Å². The number of H-pyrrole nitrogens is 1. The molecule has 2 N–H and O–H groups in total. The lowest BCUT2D eigenvalue weighted by atomic mass is 10.1. The highest BCUT2D eigenvalue weighted by atomic mass is 16.5. The maximum atomic E-state index is 12.5. The van der Waals surface area contributed by atoms with E-state index in [0.717, 1.165) is 25.9 Å². The van der Waals surface area contributed by atoms with Gasteiger partial charge in [0.1, 0.15) is 16.8 Å². The summed E-state index contributed by atoms with van der Waals surface area (Å²) in [4.78, 5) is 14.9. The van der Waals surface area contributed by atoms with Crippen LogP contribution in [0.1, 0.15) is 23.2 Å². The Hall–Kier alpha value is -2.41. The van der Waals surface area contributed by atoms with Crippen LogP contribution in [0.15, 0.2) is 24.8 Å². The molecule has 122 valence electrons. The van der Waals surface area contributed by atoms with Crippen LogP contribution in [-0.4, -0.2) is 59.0 Å². The molecular formula is C16H21N5O2. The zero-order chi connectivity index (χ0) is 16.2. The van der Waals surface area contributed by atoms with Crippen molar-refractivity contribution >= 4 is 16.9 Å². The number of amides is 1. The number of nitrogens with one attached hydrogen (secondary N) is 2. The number of aromatic amines is 1. The van der Waals surface area contributed by atoms with Crippen LogP contribution in [0.4, 0.5) is 0 Å². The summed E-state index contributed by atoms with van der Waals surface area (Å²) in [5, 5.41) is 13.6. The molecule has 1 aromatic heterocycles. The van der Waals surface area contributed by atoms with Crippen LogP contribution >= 0.6 is 0 Å². The summed E-state index contributed by atoms with van der Waals surface area (Å²) in [6.07, 6.45) is 4.15. The number of rotatable bonds is 6. The maximum Gasteiger partial charge on any atom is 0.255 e. The maximum absolute atomic E-state index is 12.5. The second-order valence-electron chi connectivity index (χ2n) is 5.65. The van der Waals surface area contributed by atoms with Crippen LogP contribution in [0, 0.1) is 0 Å². The van der Waals surface area contributed by atoms with Gasteiger partial charge in [0.2, 0.25) is 0 Å². The van der Waals surface area contributed by atoms with Crippen LogP contribution in [0.3, 0.4) is 0 Å². The summed E-state index contributed by atoms with van der Waals surface area (Å²) >= 11 is 0. The SMILES string of the molecule is C=CCN1CCC[C@@H]1CNC(=O)c1cc2n[nH]nc2cc1OC. The zero-order valence-corrected chi connectivity index (χ0v) is 13.2. The van der Waals surface area contributed by atoms with Crippen molar-refractivity contribution in [3.63, 3.8) is 0 Å². The lowest BCUT2D eigenvalue weighted by molar-refractivity contribution is 0.0939. The number of aromatic nitrogens is 3. The number of fused-ring (bicyclic) bond motifs is 1. The van der Waals surface area contributed by atoms with Crippen LogP contribution in [0.2, 0.25) is 0 Å². The van der Waals surface area contributed by atoms with E-state index in [-0.39, 0.29) is 5.91 Å². The van der Waals surface area contributed by atoms with Gasteiger partial charge < -0.3 is 10.1 Å². The summed E-state index contributed by atoms with van der Waals surface area (Å²) in [7, 11) is 1.54. The van der Waals surface area contributed by atoms with Crippen LogP contribution in [-0.2, 0) is 0 Å². The molecule has 23 heavy (non-hydrogen) atoms. The number of carbonyl (C=O) groups is 1. The molecule has 1 amide bonds. The fourth-order valence-electron chi connectivity index (χ4n) is 3.05. The first-order chi connectivity index (χ1) is 11.2. The van der Waals surface area contributed by atoms with Gasteiger partial charge in [-0.3, -0.25) is 9.69 Å². The van der Waals surface area contributed by atoms with Gasteiger partial charge >= 0.3 is 0 Å². The molecule has 1 aromatic carbocycles. The highest BCUT2D eigenvalue weighted by Gasteiger charge is 2.24. The summed E-state index contributed by atoms with van der Waals surface area (Å²) in [5.74, 6) is 0.343. The lowest BCUT2D eigenvalue weighted by Crippen LogP contribution is -2.40. The number of ether oxygens (including phenoxy) is 1. The van der Waals surface area contributed by atoms with Crippen molar-refractivity contribution in [1.29, 1.82) is 0 Å². The molecule has 0 aliphatic carbocycles. The van der Waals surface area contributed by atoms with Gasteiger partial charge in [-0.1, -0.05) is 6.08 Å².